The lowest BCUT2D eigenvalue weighted by molar-refractivity contribution is 0.452. The maximum Gasteiger partial charge on any atom is 0.419 e. The number of nitrogens with two attached hydrogens (primary N) is 1. The molecule has 3 N–H and O–H groups in total. The van der Waals surface area contributed by atoms with Crippen LogP contribution < -0.4 is 17.1 Å². The Morgan fingerprint density at radius 3 is 2.67 bits per heavy atom. The van der Waals surface area contributed by atoms with Gasteiger partial charge in [-0.3, -0.25) is 4.98 Å². The van der Waals surface area contributed by atoms with Crippen LogP contribution in [0.2, 0.25) is 0 Å². The van der Waals surface area contributed by atoms with Crippen molar-refractivity contribution in [1.29, 1.82) is 0 Å². The van der Waals surface area contributed by atoms with Crippen LogP contribution in [0.1, 0.15) is 0 Å². The maximum atomic E-state index is 10.3. The first-order chi connectivity index (χ1) is 4.20. The van der Waals surface area contributed by atoms with Crippen molar-refractivity contribution < 1.29 is 4.42 Å². The predicted octanol–water partition coefficient (Wildman–Crippen LogP) is -1.09. The topological polar surface area (TPSA) is 89.1 Å². The summed E-state index contributed by atoms with van der Waals surface area (Å²) in [6.45, 7) is 0. The van der Waals surface area contributed by atoms with Gasteiger partial charge in [-0.2, -0.15) is 0 Å². The average molecular weight is 128 g/mol. The number of nitrogens with one attached hydrogen (secondary N) is 1. The first kappa shape index (κ1) is 5.61. The normalized spacial score (nSPS) is 9.33. The molecule has 5 heteroatoms. The van der Waals surface area contributed by atoms with Crippen LogP contribution in [0.5, 0.6) is 0 Å². The van der Waals surface area contributed by atoms with Gasteiger partial charge in [-0.1, -0.05) is 0 Å². The monoisotopic (exact) mass is 128 g/mol. The lowest BCUT2D eigenvalue weighted by Gasteiger charge is -1.83. The molecule has 0 saturated carbocycles. The molecule has 0 aliphatic carbocycles. The number of anilines is 1. The van der Waals surface area contributed by atoms with Crippen molar-refractivity contribution in [2.75, 3.05) is 5.73 Å². The van der Waals surface area contributed by atoms with Gasteiger partial charge in [-0.05, 0) is 0 Å². The Balaban J connectivity index is 3.52. The van der Waals surface area contributed by atoms with E-state index in [1.165, 1.54) is 0 Å². The van der Waals surface area contributed by atoms with Crippen LogP contribution in [-0.4, -0.2) is 4.98 Å². The van der Waals surface area contributed by atoms with Crippen LogP contribution in [0.3, 0.4) is 0 Å². The number of rotatable bonds is 0. The molecule has 9 heavy (non-hydrogen) atoms. The second kappa shape index (κ2) is 1.77. The van der Waals surface area contributed by atoms with Gasteiger partial charge in [0.15, 0.2) is 0 Å². The molecule has 0 saturated heterocycles. The largest absolute Gasteiger partial charge is 0.419 e. The van der Waals surface area contributed by atoms with Crippen LogP contribution >= 0.6 is 0 Å². The smallest absolute Gasteiger partial charge is 0.392 e. The van der Waals surface area contributed by atoms with Crippen LogP contribution in [0, 0.1) is 0 Å². The fourth-order valence-corrected chi connectivity index (χ4v) is 0.368. The van der Waals surface area contributed by atoms with E-state index in [0.29, 0.717) is 0 Å². The molecule has 1 aromatic heterocycles. The van der Waals surface area contributed by atoms with Crippen LogP contribution in [0.25, 0.3) is 0 Å². The molecule has 0 aromatic carbocycles. The van der Waals surface area contributed by atoms with Crippen molar-refractivity contribution in [3.05, 3.63) is 27.2 Å². The molecule has 0 aliphatic heterocycles. The summed E-state index contributed by atoms with van der Waals surface area (Å²) in [7, 11) is 0. The van der Waals surface area contributed by atoms with E-state index in [9.17, 15) is 9.59 Å². The Bertz CT molecular complexity index is 310. The van der Waals surface area contributed by atoms with E-state index in [1.807, 2.05) is 0 Å². The minimum atomic E-state index is -0.807. The third-order valence-corrected chi connectivity index (χ3v) is 0.767. The fraction of sp³-hybridized carbons (Fsp3) is 0. The first-order valence-electron chi connectivity index (χ1n) is 2.18. The molecule has 5 nitrogen and oxygen atoms in total. The SMILES string of the molecule is Nc1c[nH]c(=O)oc1=O. The summed E-state index contributed by atoms with van der Waals surface area (Å²) >= 11 is 0. The second-order valence-electron chi connectivity index (χ2n) is 1.42. The summed E-state index contributed by atoms with van der Waals surface area (Å²) in [6, 6.07) is 0. The summed E-state index contributed by atoms with van der Waals surface area (Å²) in [6.07, 6.45) is 1.09. The van der Waals surface area contributed by atoms with Crippen LogP contribution in [0.4, 0.5) is 5.69 Å². The van der Waals surface area contributed by atoms with Crippen molar-refractivity contribution >= 4 is 5.69 Å². The fourth-order valence-electron chi connectivity index (χ4n) is 0.368. The Morgan fingerprint density at radius 1 is 1.56 bits per heavy atom. The summed E-state index contributed by atoms with van der Waals surface area (Å²) in [5.74, 6) is -0.797. The van der Waals surface area contributed by atoms with Crippen molar-refractivity contribution in [2.24, 2.45) is 0 Å². The third-order valence-electron chi connectivity index (χ3n) is 0.767. The minimum absolute atomic E-state index is 0.102. The highest BCUT2D eigenvalue weighted by atomic mass is 16.4. The number of aromatic nitrogens is 1. The standard InChI is InChI=1S/C4H4N2O3/c5-2-1-6-4(8)9-3(2)7/h1H,5H2,(H,6,8). The molecule has 0 bridgehead atoms. The number of hydrogen-bond acceptors (Lipinski definition) is 4. The molecule has 1 aromatic rings. The second-order valence-corrected chi connectivity index (χ2v) is 1.42. The van der Waals surface area contributed by atoms with Gasteiger partial charge in [-0.25, -0.2) is 9.59 Å². The van der Waals surface area contributed by atoms with Gasteiger partial charge >= 0.3 is 11.4 Å². The molecule has 0 radical (unpaired) electrons. The van der Waals surface area contributed by atoms with E-state index in [0.717, 1.165) is 6.20 Å². The van der Waals surface area contributed by atoms with Gasteiger partial charge in [0.05, 0.1) is 0 Å². The first-order valence-corrected chi connectivity index (χ1v) is 2.18. The Kier molecular flexibility index (Phi) is 1.11. The number of nitrogen functional groups attached to an aromatic ring is 1. The predicted molar refractivity (Wildman–Crippen MR) is 30.0 cm³/mol. The van der Waals surface area contributed by atoms with Crippen molar-refractivity contribution in [2.45, 2.75) is 0 Å². The van der Waals surface area contributed by atoms with E-state index < -0.39 is 11.4 Å². The van der Waals surface area contributed by atoms with Gasteiger partial charge < -0.3 is 10.2 Å². The number of hydrogen-bond donors (Lipinski definition) is 2. The zero-order valence-corrected chi connectivity index (χ0v) is 4.38. The van der Waals surface area contributed by atoms with Gasteiger partial charge in [0, 0.05) is 6.20 Å². The van der Waals surface area contributed by atoms with E-state index in [4.69, 9.17) is 5.73 Å². The molecule has 0 amide bonds. The van der Waals surface area contributed by atoms with Gasteiger partial charge in [0.2, 0.25) is 0 Å². The molecule has 1 rings (SSSR count). The van der Waals surface area contributed by atoms with Gasteiger partial charge in [0.1, 0.15) is 5.69 Å². The zero-order chi connectivity index (χ0) is 6.85. The molecular formula is C4H4N2O3. The van der Waals surface area contributed by atoms with Crippen molar-refractivity contribution in [3.8, 4) is 0 Å². The quantitative estimate of drug-likeness (QED) is 0.464. The Labute approximate surface area is 49.1 Å². The molecule has 48 valence electrons. The van der Waals surface area contributed by atoms with E-state index >= 15 is 0 Å². The van der Waals surface area contributed by atoms with E-state index in [-0.39, 0.29) is 5.69 Å². The van der Waals surface area contributed by atoms with Gasteiger partial charge in [0.25, 0.3) is 0 Å². The maximum absolute atomic E-state index is 10.3. The lowest BCUT2D eigenvalue weighted by Crippen LogP contribution is -2.16. The highest BCUT2D eigenvalue weighted by molar-refractivity contribution is 5.27. The van der Waals surface area contributed by atoms with Crippen LogP contribution in [0.15, 0.2) is 20.2 Å². The van der Waals surface area contributed by atoms with E-state index in [1.54, 1.807) is 0 Å². The van der Waals surface area contributed by atoms with Crippen molar-refractivity contribution in [1.82, 2.24) is 4.98 Å². The Hall–Kier alpha value is -1.52. The Morgan fingerprint density at radius 2 is 2.22 bits per heavy atom. The summed E-state index contributed by atoms with van der Waals surface area (Å²) in [5.41, 5.74) is 4.10. The van der Waals surface area contributed by atoms with Crippen LogP contribution in [-0.2, 0) is 0 Å². The summed E-state index contributed by atoms with van der Waals surface area (Å²) in [4.78, 5) is 22.6. The summed E-state index contributed by atoms with van der Waals surface area (Å²) in [5, 5.41) is 0. The summed E-state index contributed by atoms with van der Waals surface area (Å²) < 4.78 is 4.02. The molecule has 0 atom stereocenters. The highest BCUT2D eigenvalue weighted by Crippen LogP contribution is 1.79. The molecular weight excluding hydrogens is 124 g/mol. The van der Waals surface area contributed by atoms with E-state index in [2.05, 4.69) is 9.40 Å². The third kappa shape index (κ3) is 0.987. The van der Waals surface area contributed by atoms with Crippen molar-refractivity contribution in [3.63, 3.8) is 0 Å². The molecule has 1 heterocycles. The molecule has 0 aliphatic rings. The average Bonchev–Trinajstić information content (AvgIpc) is 1.80. The van der Waals surface area contributed by atoms with Gasteiger partial charge in [-0.15, -0.1) is 0 Å². The zero-order valence-electron chi connectivity index (χ0n) is 4.38. The number of aromatic amines is 1. The molecule has 0 unspecified atom stereocenters. The minimum Gasteiger partial charge on any atom is -0.392 e. The highest BCUT2D eigenvalue weighted by Gasteiger charge is 1.92. The molecule has 0 spiro atoms. The number of H-pyrrole nitrogens is 1. The molecule has 0 fully saturated rings. The lowest BCUT2D eigenvalue weighted by atomic mass is 10.6.